The normalized spacial score (nSPS) is 12.3. The van der Waals surface area contributed by atoms with E-state index in [2.05, 4.69) is 0 Å². The van der Waals surface area contributed by atoms with Gasteiger partial charge in [-0.15, -0.1) is 0 Å². The highest BCUT2D eigenvalue weighted by Gasteiger charge is 2.18. The van der Waals surface area contributed by atoms with Gasteiger partial charge in [0.2, 0.25) is 5.82 Å². The summed E-state index contributed by atoms with van der Waals surface area (Å²) in [4.78, 5) is 0. The Labute approximate surface area is 87.4 Å². The van der Waals surface area contributed by atoms with Gasteiger partial charge in [0, 0.05) is 5.56 Å². The average molecular weight is 215 g/mol. The molecule has 1 rings (SSSR count). The molecule has 0 saturated heterocycles. The molecule has 0 aliphatic heterocycles. The van der Waals surface area contributed by atoms with Crippen molar-refractivity contribution in [2.75, 3.05) is 20.8 Å². The summed E-state index contributed by atoms with van der Waals surface area (Å²) in [7, 11) is 2.70. The Morgan fingerprint density at radius 1 is 1.40 bits per heavy atom. The smallest absolute Gasteiger partial charge is 0.207 e. The van der Waals surface area contributed by atoms with E-state index in [0.717, 1.165) is 0 Å². The summed E-state index contributed by atoms with van der Waals surface area (Å²) in [6, 6.07) is 2.35. The van der Waals surface area contributed by atoms with Gasteiger partial charge in [0.15, 0.2) is 11.5 Å². The minimum atomic E-state index is -0.666. The number of hydrogen-bond acceptors (Lipinski definition) is 4. The Kier molecular flexibility index (Phi) is 3.88. The number of halogens is 1. The predicted octanol–water partition coefficient (Wildman–Crippen LogP) is 0.835. The maximum absolute atomic E-state index is 13.6. The van der Waals surface area contributed by atoms with Gasteiger partial charge in [0.1, 0.15) is 0 Å². The molecule has 4 nitrogen and oxygen atoms in total. The highest BCUT2D eigenvalue weighted by Crippen LogP contribution is 2.32. The van der Waals surface area contributed by atoms with Crippen molar-refractivity contribution in [3.8, 4) is 11.5 Å². The number of methoxy groups -OCH3 is 2. The number of ether oxygens (including phenoxy) is 2. The van der Waals surface area contributed by atoms with Gasteiger partial charge in [-0.2, -0.15) is 4.39 Å². The Morgan fingerprint density at radius 2 is 2.07 bits per heavy atom. The van der Waals surface area contributed by atoms with Gasteiger partial charge in [-0.05, 0) is 12.1 Å². The maximum Gasteiger partial charge on any atom is 0.207 e. The van der Waals surface area contributed by atoms with Crippen molar-refractivity contribution in [2.24, 2.45) is 5.73 Å². The first-order valence-electron chi connectivity index (χ1n) is 4.42. The third-order valence-electron chi connectivity index (χ3n) is 2.11. The lowest BCUT2D eigenvalue weighted by Crippen LogP contribution is -2.16. The van der Waals surface area contributed by atoms with Gasteiger partial charge in [0.25, 0.3) is 0 Å². The van der Waals surface area contributed by atoms with Crippen LogP contribution in [0.4, 0.5) is 4.39 Å². The van der Waals surface area contributed by atoms with E-state index in [0.29, 0.717) is 5.56 Å². The largest absolute Gasteiger partial charge is 0.494 e. The molecule has 0 aliphatic rings. The summed E-state index contributed by atoms with van der Waals surface area (Å²) in [6.45, 7) is -0.276. The second kappa shape index (κ2) is 4.95. The molecule has 0 aliphatic carbocycles. The molecule has 0 bridgehead atoms. The third-order valence-corrected chi connectivity index (χ3v) is 2.11. The first-order chi connectivity index (χ1) is 7.15. The Balaban J connectivity index is 3.24. The number of aliphatic hydroxyl groups is 1. The van der Waals surface area contributed by atoms with Crippen LogP contribution in [0.1, 0.15) is 11.6 Å². The van der Waals surface area contributed by atoms with E-state index in [9.17, 15) is 4.39 Å². The monoisotopic (exact) mass is 215 g/mol. The van der Waals surface area contributed by atoms with Crippen molar-refractivity contribution in [3.05, 3.63) is 23.5 Å². The summed E-state index contributed by atoms with van der Waals surface area (Å²) in [5.74, 6) is -0.516. The first kappa shape index (κ1) is 11.7. The molecule has 0 fully saturated rings. The van der Waals surface area contributed by atoms with Crippen LogP contribution in [0.5, 0.6) is 11.5 Å². The zero-order valence-electron chi connectivity index (χ0n) is 8.66. The average Bonchev–Trinajstić information content (AvgIpc) is 2.27. The fourth-order valence-electron chi connectivity index (χ4n) is 1.31. The Morgan fingerprint density at radius 3 is 2.53 bits per heavy atom. The number of benzene rings is 1. The van der Waals surface area contributed by atoms with Crippen molar-refractivity contribution >= 4 is 0 Å². The summed E-state index contributed by atoms with van der Waals surface area (Å²) in [5, 5.41) is 8.89. The fourth-order valence-corrected chi connectivity index (χ4v) is 1.31. The van der Waals surface area contributed by atoms with E-state index in [1.807, 2.05) is 0 Å². The molecule has 1 unspecified atom stereocenters. The van der Waals surface area contributed by atoms with Crippen LogP contribution in [0.25, 0.3) is 0 Å². The van der Waals surface area contributed by atoms with E-state index in [1.54, 1.807) is 6.07 Å². The number of nitrogens with two attached hydrogens (primary N) is 1. The minimum Gasteiger partial charge on any atom is -0.494 e. The van der Waals surface area contributed by atoms with Crippen molar-refractivity contribution in [1.82, 2.24) is 0 Å². The topological polar surface area (TPSA) is 64.7 Å². The molecule has 15 heavy (non-hydrogen) atoms. The van der Waals surface area contributed by atoms with E-state index in [4.69, 9.17) is 20.3 Å². The Bertz CT molecular complexity index is 344. The summed E-state index contributed by atoms with van der Waals surface area (Å²) >= 11 is 0. The van der Waals surface area contributed by atoms with Crippen molar-refractivity contribution in [3.63, 3.8) is 0 Å². The quantitative estimate of drug-likeness (QED) is 0.781. The minimum absolute atomic E-state index is 0.0101. The van der Waals surface area contributed by atoms with Gasteiger partial charge < -0.3 is 20.3 Å². The molecule has 0 aromatic heterocycles. The number of hydrogen-bond donors (Lipinski definition) is 2. The van der Waals surface area contributed by atoms with Crippen LogP contribution in [0.15, 0.2) is 12.1 Å². The fraction of sp³-hybridized carbons (Fsp3) is 0.400. The van der Waals surface area contributed by atoms with Crippen LogP contribution >= 0.6 is 0 Å². The second-order valence-electron chi connectivity index (χ2n) is 2.99. The lowest BCUT2D eigenvalue weighted by atomic mass is 10.1. The van der Waals surface area contributed by atoms with Crippen LogP contribution in [0, 0.1) is 5.82 Å². The van der Waals surface area contributed by atoms with Crippen LogP contribution in [0.3, 0.4) is 0 Å². The lowest BCUT2D eigenvalue weighted by molar-refractivity contribution is 0.262. The molecule has 0 radical (unpaired) electrons. The van der Waals surface area contributed by atoms with Gasteiger partial charge >= 0.3 is 0 Å². The molecule has 0 saturated carbocycles. The van der Waals surface area contributed by atoms with Gasteiger partial charge in [-0.3, -0.25) is 0 Å². The Hall–Kier alpha value is -1.33. The predicted molar refractivity (Wildman–Crippen MR) is 53.5 cm³/mol. The van der Waals surface area contributed by atoms with Crippen molar-refractivity contribution in [1.29, 1.82) is 0 Å². The van der Waals surface area contributed by atoms with Gasteiger partial charge in [-0.1, -0.05) is 0 Å². The highest BCUT2D eigenvalue weighted by molar-refractivity contribution is 5.44. The maximum atomic E-state index is 13.6. The van der Waals surface area contributed by atoms with E-state index in [-0.39, 0.29) is 18.1 Å². The van der Waals surface area contributed by atoms with E-state index in [1.165, 1.54) is 20.3 Å². The zero-order valence-corrected chi connectivity index (χ0v) is 8.66. The molecular weight excluding hydrogens is 201 g/mol. The zero-order chi connectivity index (χ0) is 11.4. The molecule has 84 valence electrons. The third kappa shape index (κ3) is 2.19. The highest BCUT2D eigenvalue weighted by atomic mass is 19.1. The van der Waals surface area contributed by atoms with Crippen molar-refractivity contribution in [2.45, 2.75) is 6.04 Å². The summed E-state index contributed by atoms with van der Waals surface area (Å²) in [6.07, 6.45) is 0. The first-order valence-corrected chi connectivity index (χ1v) is 4.42. The van der Waals surface area contributed by atoms with E-state index >= 15 is 0 Å². The molecule has 0 amide bonds. The van der Waals surface area contributed by atoms with Crippen molar-refractivity contribution < 1.29 is 19.0 Å². The summed E-state index contributed by atoms with van der Waals surface area (Å²) in [5.41, 5.74) is 6.01. The van der Waals surface area contributed by atoms with Crippen LogP contribution in [-0.4, -0.2) is 25.9 Å². The van der Waals surface area contributed by atoms with Gasteiger partial charge in [-0.25, -0.2) is 0 Å². The SMILES string of the molecule is COc1ccc(C(N)CO)c(OC)c1F. The van der Waals surface area contributed by atoms with Crippen LogP contribution in [-0.2, 0) is 0 Å². The van der Waals surface area contributed by atoms with E-state index < -0.39 is 11.9 Å². The molecule has 1 aromatic carbocycles. The van der Waals surface area contributed by atoms with Crippen LogP contribution in [0.2, 0.25) is 0 Å². The molecule has 5 heteroatoms. The second-order valence-corrected chi connectivity index (χ2v) is 2.99. The molecular formula is C10H14FNO3. The standard InChI is InChI=1S/C10H14FNO3/c1-14-8-4-3-6(7(12)5-13)10(15-2)9(8)11/h3-4,7,13H,5,12H2,1-2H3. The molecule has 0 heterocycles. The van der Waals surface area contributed by atoms with Gasteiger partial charge in [0.05, 0.1) is 26.9 Å². The molecule has 1 atom stereocenters. The van der Waals surface area contributed by atoms with Crippen LogP contribution < -0.4 is 15.2 Å². The molecule has 1 aromatic rings. The lowest BCUT2D eigenvalue weighted by Gasteiger charge is -2.15. The molecule has 0 spiro atoms. The number of aliphatic hydroxyl groups excluding tert-OH is 1. The summed E-state index contributed by atoms with van der Waals surface area (Å²) < 4.78 is 23.3. The number of rotatable bonds is 4. The molecule has 3 N–H and O–H groups in total.